The van der Waals surface area contributed by atoms with Gasteiger partial charge in [-0.2, -0.15) is 0 Å². The standard InChI is InChI=1S/H2O3P.Os/c1-4(2)3;/h1-2H;/q-1;+1. The van der Waals surface area contributed by atoms with Gasteiger partial charge in [0.2, 0.25) is 0 Å². The van der Waals surface area contributed by atoms with Crippen LogP contribution >= 0.6 is 8.60 Å². The maximum atomic E-state index is 7.77. The summed E-state index contributed by atoms with van der Waals surface area (Å²) in [5.74, 6) is 0. The number of hydrogen-bond donors (Lipinski definition) is 2. The average Bonchev–Trinajstić information content (AvgIpc) is 1.38. The van der Waals surface area contributed by atoms with Crippen LogP contribution in [0.15, 0.2) is 0 Å². The summed E-state index contributed by atoms with van der Waals surface area (Å²) in [6, 6.07) is 0. The van der Waals surface area contributed by atoms with E-state index in [1.807, 2.05) is 0 Å². The van der Waals surface area contributed by atoms with Crippen molar-refractivity contribution in [2.45, 2.75) is 0 Å². The average molecular weight is 271 g/mol. The molecule has 3 nitrogen and oxygen atoms in total. The third kappa shape index (κ3) is 4.95. The topological polar surface area (TPSA) is 49.7 Å². The zero-order valence-electron chi connectivity index (χ0n) is 2.10. The van der Waals surface area contributed by atoms with Gasteiger partial charge in [0.05, 0.1) is 0 Å². The van der Waals surface area contributed by atoms with Gasteiger partial charge in [0.25, 0.3) is 0 Å². The van der Waals surface area contributed by atoms with Crippen molar-refractivity contribution in [1.82, 2.24) is 0 Å². The molecule has 0 aromatic heterocycles. The van der Waals surface area contributed by atoms with Crippen molar-refractivity contribution in [2.24, 2.45) is 0 Å². The predicted octanol–water partition coefficient (Wildman–Crippen LogP) is -0.324. The molecular formula is H2O3OsP. The second-order valence-electron chi connectivity index (χ2n) is 0.317. The Morgan fingerprint density at radius 2 is 1.80 bits per heavy atom. The van der Waals surface area contributed by atoms with E-state index < -0.39 is 8.60 Å². The van der Waals surface area contributed by atoms with Crippen LogP contribution in [0.5, 0.6) is 0 Å². The fourth-order valence-electron chi connectivity index (χ4n) is 0. The van der Waals surface area contributed by atoms with E-state index in [1.165, 1.54) is 0 Å². The first kappa shape index (κ1) is 5.95. The second kappa shape index (κ2) is 3.15. The molecule has 0 bridgehead atoms. The molecule has 2 N–H and O–H groups in total. The Balaban J connectivity index is 2.54. The third-order valence-electron chi connectivity index (χ3n) is 0.0577. The van der Waals surface area contributed by atoms with Crippen LogP contribution in [0.2, 0.25) is 0 Å². The second-order valence-corrected chi connectivity index (χ2v) is 2.34. The van der Waals surface area contributed by atoms with E-state index in [4.69, 9.17) is 9.79 Å². The van der Waals surface area contributed by atoms with Crippen LogP contribution in [0.4, 0.5) is 0 Å². The summed E-state index contributed by atoms with van der Waals surface area (Å²) in [5, 5.41) is 0. The van der Waals surface area contributed by atoms with Gasteiger partial charge in [0, 0.05) is 0 Å². The summed E-state index contributed by atoms with van der Waals surface area (Å²) >= 11 is 1.06. The summed E-state index contributed by atoms with van der Waals surface area (Å²) in [7, 11) is -2.09. The molecule has 0 radical (unpaired) electrons. The van der Waals surface area contributed by atoms with Gasteiger partial charge >= 0.3 is 40.7 Å². The van der Waals surface area contributed by atoms with Crippen LogP contribution in [-0.2, 0) is 22.3 Å². The zero-order valence-corrected chi connectivity index (χ0v) is 5.54. The van der Waals surface area contributed by atoms with Crippen molar-refractivity contribution in [2.75, 3.05) is 0 Å². The van der Waals surface area contributed by atoms with Crippen molar-refractivity contribution < 1.29 is 32.1 Å². The van der Waals surface area contributed by atoms with Crippen LogP contribution in [0.25, 0.3) is 0 Å². The van der Waals surface area contributed by atoms with E-state index in [0.29, 0.717) is 0 Å². The first-order chi connectivity index (χ1) is 2.27. The molecule has 5 heavy (non-hydrogen) atoms. The Morgan fingerprint density at radius 1 is 1.60 bits per heavy atom. The van der Waals surface area contributed by atoms with Crippen LogP contribution in [0, 0.1) is 0 Å². The van der Waals surface area contributed by atoms with Gasteiger partial charge in [-0.25, -0.2) is 0 Å². The van der Waals surface area contributed by atoms with Gasteiger partial charge in [0.1, 0.15) is 0 Å². The van der Waals surface area contributed by atoms with E-state index in [-0.39, 0.29) is 0 Å². The van der Waals surface area contributed by atoms with Gasteiger partial charge in [-0.3, -0.25) is 0 Å². The molecule has 0 aromatic rings. The molecule has 0 unspecified atom stereocenters. The Labute approximate surface area is 41.3 Å². The third-order valence-corrected chi connectivity index (χ3v) is 1.42. The van der Waals surface area contributed by atoms with Crippen molar-refractivity contribution >= 4 is 8.60 Å². The number of rotatable bonds is 1. The Morgan fingerprint density at radius 3 is 1.80 bits per heavy atom. The van der Waals surface area contributed by atoms with Crippen molar-refractivity contribution in [3.63, 3.8) is 0 Å². The van der Waals surface area contributed by atoms with Crippen LogP contribution in [-0.4, -0.2) is 9.79 Å². The molecule has 0 aliphatic heterocycles. The molecule has 0 aliphatic carbocycles. The molecule has 0 aromatic carbocycles. The Kier molecular flexibility index (Phi) is 3.74. The predicted molar refractivity (Wildman–Crippen MR) is 12.4 cm³/mol. The Hall–Kier alpha value is 0.946. The van der Waals surface area contributed by atoms with E-state index >= 15 is 0 Å². The molecule has 0 saturated heterocycles. The molecule has 5 heteroatoms. The van der Waals surface area contributed by atoms with Crippen molar-refractivity contribution in [1.29, 1.82) is 0 Å². The van der Waals surface area contributed by atoms with Crippen LogP contribution in [0.1, 0.15) is 0 Å². The summed E-state index contributed by atoms with van der Waals surface area (Å²) < 4.78 is 3.95. The van der Waals surface area contributed by atoms with E-state index in [2.05, 4.69) is 3.32 Å². The molecule has 0 fully saturated rings. The summed E-state index contributed by atoms with van der Waals surface area (Å²) in [5.41, 5.74) is 0. The molecule has 0 saturated carbocycles. The molecule has 0 rings (SSSR count). The minimum atomic E-state index is -2.09. The fraction of sp³-hybridized carbons (Fsp3) is 0. The molecule has 0 atom stereocenters. The molecule has 0 heterocycles. The van der Waals surface area contributed by atoms with E-state index in [1.54, 1.807) is 0 Å². The fourth-order valence-corrected chi connectivity index (χ4v) is 0. The first-order valence-corrected chi connectivity index (χ1v) is 2.93. The molecule has 0 aliphatic rings. The number of hydrogen-bond acceptors (Lipinski definition) is 3. The van der Waals surface area contributed by atoms with Gasteiger partial charge in [-0.15, -0.1) is 0 Å². The first-order valence-electron chi connectivity index (χ1n) is 0.727. The molecule has 0 spiro atoms. The minimum absolute atomic E-state index is 1.06. The van der Waals surface area contributed by atoms with Crippen molar-refractivity contribution in [3.8, 4) is 0 Å². The summed E-state index contributed by atoms with van der Waals surface area (Å²) in [6.45, 7) is 0. The zero-order chi connectivity index (χ0) is 4.28. The van der Waals surface area contributed by atoms with E-state index in [9.17, 15) is 0 Å². The van der Waals surface area contributed by atoms with Crippen LogP contribution < -0.4 is 0 Å². The quantitative estimate of drug-likeness (QED) is 0.642. The van der Waals surface area contributed by atoms with Crippen LogP contribution in [0.3, 0.4) is 0 Å². The summed E-state index contributed by atoms with van der Waals surface area (Å²) in [6.07, 6.45) is 0. The van der Waals surface area contributed by atoms with Crippen molar-refractivity contribution in [3.05, 3.63) is 0 Å². The van der Waals surface area contributed by atoms with Gasteiger partial charge in [-0.1, -0.05) is 0 Å². The van der Waals surface area contributed by atoms with Gasteiger partial charge in [-0.05, 0) is 0 Å². The maximum absolute atomic E-state index is 7.77. The summed E-state index contributed by atoms with van der Waals surface area (Å²) in [4.78, 5) is 15.5. The van der Waals surface area contributed by atoms with Gasteiger partial charge < -0.3 is 0 Å². The molecule has 0 amide bonds. The Bertz CT molecular complexity index is 20.9. The van der Waals surface area contributed by atoms with Gasteiger partial charge in [0.15, 0.2) is 0 Å². The van der Waals surface area contributed by atoms with E-state index in [0.717, 1.165) is 19.0 Å². The SMILES string of the molecule is OP(O)[O][Os]. The normalized spacial score (nSPS) is 9.60. The molecular weight excluding hydrogens is 269 g/mol. The monoisotopic (exact) mass is 273 g/mol. The molecule has 33 valence electrons.